The summed E-state index contributed by atoms with van der Waals surface area (Å²) in [6, 6.07) is 17.3. The molecule has 0 saturated heterocycles. The first-order chi connectivity index (χ1) is 12.2. The van der Waals surface area contributed by atoms with Crippen molar-refractivity contribution in [3.63, 3.8) is 0 Å². The summed E-state index contributed by atoms with van der Waals surface area (Å²) in [5.74, 6) is 0.370. The Balaban J connectivity index is 1.65. The zero-order chi connectivity index (χ0) is 17.2. The van der Waals surface area contributed by atoms with Gasteiger partial charge in [-0.25, -0.2) is 9.97 Å². The molecular formula is C20H16N4O. The highest BCUT2D eigenvalue weighted by atomic mass is 16.1. The first-order valence-corrected chi connectivity index (χ1v) is 7.98. The Hall–Kier alpha value is -3.47. The number of carbonyl (C=O) groups excluding carboxylic acids is 1. The van der Waals surface area contributed by atoms with E-state index < -0.39 is 0 Å². The molecule has 0 unspecified atom stereocenters. The van der Waals surface area contributed by atoms with Gasteiger partial charge in [-0.15, -0.1) is 0 Å². The molecule has 1 amide bonds. The van der Waals surface area contributed by atoms with E-state index in [1.165, 1.54) is 0 Å². The third kappa shape index (κ3) is 2.99. The third-order valence-electron chi connectivity index (χ3n) is 4.03. The van der Waals surface area contributed by atoms with Gasteiger partial charge in [-0.1, -0.05) is 36.4 Å². The maximum absolute atomic E-state index is 12.5. The van der Waals surface area contributed by atoms with Crippen LogP contribution < -0.4 is 5.32 Å². The highest BCUT2D eigenvalue weighted by Crippen LogP contribution is 2.19. The molecule has 0 atom stereocenters. The second-order valence-corrected chi connectivity index (χ2v) is 5.80. The molecule has 0 saturated carbocycles. The Bertz CT molecular complexity index is 1050. The van der Waals surface area contributed by atoms with Crippen LogP contribution in [0.15, 0.2) is 73.2 Å². The summed E-state index contributed by atoms with van der Waals surface area (Å²) in [5.41, 5.74) is 4.11. The molecule has 4 aromatic rings. The molecule has 0 aliphatic rings. The van der Waals surface area contributed by atoms with Crippen LogP contribution in [0.1, 0.15) is 15.9 Å². The van der Waals surface area contributed by atoms with Crippen LogP contribution in [-0.2, 0) is 0 Å². The van der Waals surface area contributed by atoms with Crippen molar-refractivity contribution in [2.45, 2.75) is 6.92 Å². The fourth-order valence-corrected chi connectivity index (χ4v) is 2.67. The Labute approximate surface area is 145 Å². The van der Waals surface area contributed by atoms with Crippen molar-refractivity contribution >= 4 is 17.4 Å². The van der Waals surface area contributed by atoms with E-state index in [0.717, 1.165) is 22.5 Å². The molecule has 5 nitrogen and oxygen atoms in total. The second-order valence-electron chi connectivity index (χ2n) is 5.80. The van der Waals surface area contributed by atoms with E-state index in [2.05, 4.69) is 15.3 Å². The number of imidazole rings is 1. The van der Waals surface area contributed by atoms with E-state index >= 15 is 0 Å². The standard InChI is InChI=1S/C20H16N4O/c1-14-6-5-10-21-19(14)23-20(25)16-9-11-24-13-17(22-18(24)12-16)15-7-3-2-4-8-15/h2-13H,1H3,(H,21,23,25). The number of hydrogen-bond donors (Lipinski definition) is 1. The van der Waals surface area contributed by atoms with Crippen molar-refractivity contribution < 1.29 is 4.79 Å². The molecule has 25 heavy (non-hydrogen) atoms. The molecule has 3 heterocycles. The zero-order valence-corrected chi connectivity index (χ0v) is 13.7. The van der Waals surface area contributed by atoms with Gasteiger partial charge in [-0.05, 0) is 30.7 Å². The molecule has 0 spiro atoms. The number of nitrogens with one attached hydrogen (secondary N) is 1. The highest BCUT2D eigenvalue weighted by Gasteiger charge is 2.11. The molecule has 3 aromatic heterocycles. The van der Waals surface area contributed by atoms with Crippen LogP contribution in [0.2, 0.25) is 0 Å². The average Bonchev–Trinajstić information content (AvgIpc) is 3.07. The van der Waals surface area contributed by atoms with Crippen molar-refractivity contribution in [1.29, 1.82) is 0 Å². The number of rotatable bonds is 3. The maximum Gasteiger partial charge on any atom is 0.257 e. The number of benzene rings is 1. The van der Waals surface area contributed by atoms with Crippen LogP contribution in [0.25, 0.3) is 16.9 Å². The van der Waals surface area contributed by atoms with Gasteiger partial charge in [0.15, 0.2) is 0 Å². The zero-order valence-electron chi connectivity index (χ0n) is 13.7. The van der Waals surface area contributed by atoms with Crippen LogP contribution in [0.5, 0.6) is 0 Å². The third-order valence-corrected chi connectivity index (χ3v) is 4.03. The molecular weight excluding hydrogens is 312 g/mol. The summed E-state index contributed by atoms with van der Waals surface area (Å²) >= 11 is 0. The van der Waals surface area contributed by atoms with E-state index in [0.29, 0.717) is 11.4 Å². The minimum atomic E-state index is -0.200. The van der Waals surface area contributed by atoms with Crippen LogP contribution in [-0.4, -0.2) is 20.3 Å². The number of pyridine rings is 2. The van der Waals surface area contributed by atoms with Crippen molar-refractivity contribution in [2.24, 2.45) is 0 Å². The number of anilines is 1. The molecule has 1 N–H and O–H groups in total. The van der Waals surface area contributed by atoms with Gasteiger partial charge in [0.2, 0.25) is 0 Å². The smallest absolute Gasteiger partial charge is 0.257 e. The van der Waals surface area contributed by atoms with E-state index in [9.17, 15) is 4.79 Å². The molecule has 0 radical (unpaired) electrons. The lowest BCUT2D eigenvalue weighted by molar-refractivity contribution is 0.102. The minimum absolute atomic E-state index is 0.200. The Kier molecular flexibility index (Phi) is 3.74. The topological polar surface area (TPSA) is 59.3 Å². The average molecular weight is 328 g/mol. The Morgan fingerprint density at radius 3 is 2.72 bits per heavy atom. The van der Waals surface area contributed by atoms with Crippen molar-refractivity contribution in [1.82, 2.24) is 14.4 Å². The summed E-state index contributed by atoms with van der Waals surface area (Å²) in [6.45, 7) is 1.91. The van der Waals surface area contributed by atoms with Crippen LogP contribution in [0, 0.1) is 6.92 Å². The largest absolute Gasteiger partial charge is 0.306 e. The SMILES string of the molecule is Cc1cccnc1NC(=O)c1ccn2cc(-c3ccccc3)nc2c1. The van der Waals surface area contributed by atoms with Gasteiger partial charge in [-0.2, -0.15) is 0 Å². The molecule has 5 heteroatoms. The number of aryl methyl sites for hydroxylation is 1. The van der Waals surface area contributed by atoms with E-state index in [1.807, 2.05) is 66.2 Å². The number of amides is 1. The van der Waals surface area contributed by atoms with Crippen LogP contribution >= 0.6 is 0 Å². The molecule has 1 aromatic carbocycles. The summed E-state index contributed by atoms with van der Waals surface area (Å²) in [6.07, 6.45) is 5.46. The van der Waals surface area contributed by atoms with Crippen molar-refractivity contribution in [3.05, 3.63) is 84.3 Å². The van der Waals surface area contributed by atoms with E-state index in [-0.39, 0.29) is 5.91 Å². The molecule has 0 fully saturated rings. The molecule has 122 valence electrons. The lowest BCUT2D eigenvalue weighted by Gasteiger charge is -2.07. The molecule has 0 bridgehead atoms. The summed E-state index contributed by atoms with van der Waals surface area (Å²) in [5, 5.41) is 2.84. The molecule has 0 aliphatic heterocycles. The van der Waals surface area contributed by atoms with Crippen LogP contribution in [0.4, 0.5) is 5.82 Å². The fraction of sp³-hybridized carbons (Fsp3) is 0.0500. The van der Waals surface area contributed by atoms with Gasteiger partial charge in [0.25, 0.3) is 5.91 Å². The summed E-state index contributed by atoms with van der Waals surface area (Å²) in [4.78, 5) is 21.3. The van der Waals surface area contributed by atoms with Crippen LogP contribution in [0.3, 0.4) is 0 Å². The number of fused-ring (bicyclic) bond motifs is 1. The maximum atomic E-state index is 12.5. The minimum Gasteiger partial charge on any atom is -0.306 e. The predicted octanol–water partition coefficient (Wildman–Crippen LogP) is 3.96. The highest BCUT2D eigenvalue weighted by molar-refractivity contribution is 6.04. The lowest BCUT2D eigenvalue weighted by Crippen LogP contribution is -2.14. The number of carbonyl (C=O) groups is 1. The number of aromatic nitrogens is 3. The quantitative estimate of drug-likeness (QED) is 0.619. The van der Waals surface area contributed by atoms with Gasteiger partial charge >= 0.3 is 0 Å². The molecule has 0 aliphatic carbocycles. The number of nitrogens with zero attached hydrogens (tertiary/aromatic N) is 3. The second kappa shape index (κ2) is 6.20. The Morgan fingerprint density at radius 2 is 1.92 bits per heavy atom. The predicted molar refractivity (Wildman–Crippen MR) is 97.6 cm³/mol. The fourth-order valence-electron chi connectivity index (χ4n) is 2.67. The van der Waals surface area contributed by atoms with Gasteiger partial charge < -0.3 is 9.72 Å². The summed E-state index contributed by atoms with van der Waals surface area (Å²) < 4.78 is 1.91. The summed E-state index contributed by atoms with van der Waals surface area (Å²) in [7, 11) is 0. The van der Waals surface area contributed by atoms with Gasteiger partial charge in [0.1, 0.15) is 11.5 Å². The van der Waals surface area contributed by atoms with Gasteiger partial charge in [-0.3, -0.25) is 4.79 Å². The van der Waals surface area contributed by atoms with Gasteiger partial charge in [0.05, 0.1) is 5.69 Å². The first-order valence-electron chi connectivity index (χ1n) is 7.98. The molecule has 4 rings (SSSR count). The normalized spacial score (nSPS) is 10.8. The lowest BCUT2D eigenvalue weighted by atomic mass is 10.2. The van der Waals surface area contributed by atoms with Crippen molar-refractivity contribution in [2.75, 3.05) is 5.32 Å². The first kappa shape index (κ1) is 15.1. The van der Waals surface area contributed by atoms with Gasteiger partial charge in [0, 0.05) is 29.7 Å². The number of hydrogen-bond acceptors (Lipinski definition) is 3. The van der Waals surface area contributed by atoms with E-state index in [1.54, 1.807) is 18.3 Å². The Morgan fingerprint density at radius 1 is 1.08 bits per heavy atom. The monoisotopic (exact) mass is 328 g/mol. The van der Waals surface area contributed by atoms with E-state index in [4.69, 9.17) is 0 Å². The van der Waals surface area contributed by atoms with Crippen molar-refractivity contribution in [3.8, 4) is 11.3 Å².